The summed E-state index contributed by atoms with van der Waals surface area (Å²) in [4.78, 5) is 0. The topological polar surface area (TPSA) is 35.8 Å². The van der Waals surface area contributed by atoms with Gasteiger partial charge < -0.3 is 5.32 Å². The average molecular weight is 184 g/mol. The first-order chi connectivity index (χ1) is 6.85. The van der Waals surface area contributed by atoms with Gasteiger partial charge >= 0.3 is 0 Å². The van der Waals surface area contributed by atoms with Crippen LogP contribution in [0.4, 0.5) is 0 Å². The summed E-state index contributed by atoms with van der Waals surface area (Å²) in [5.74, 6) is 0.843. The van der Waals surface area contributed by atoms with Crippen molar-refractivity contribution in [2.45, 2.75) is 11.8 Å². The van der Waals surface area contributed by atoms with E-state index in [1.807, 2.05) is 12.1 Å². The Morgan fingerprint density at radius 1 is 1.36 bits per heavy atom. The van der Waals surface area contributed by atoms with Crippen LogP contribution in [0.15, 0.2) is 24.3 Å². The summed E-state index contributed by atoms with van der Waals surface area (Å²) in [6, 6.07) is 10.2. The van der Waals surface area contributed by atoms with Crippen LogP contribution < -0.4 is 5.32 Å². The molecule has 2 nitrogen and oxygen atoms in total. The summed E-state index contributed by atoms with van der Waals surface area (Å²) in [7, 11) is 0. The highest BCUT2D eigenvalue weighted by atomic mass is 15.0. The van der Waals surface area contributed by atoms with Crippen molar-refractivity contribution in [2.24, 2.45) is 5.92 Å². The Morgan fingerprint density at radius 2 is 2.14 bits per heavy atom. The minimum Gasteiger partial charge on any atom is -0.316 e. The Morgan fingerprint density at radius 3 is 2.64 bits per heavy atom. The van der Waals surface area contributed by atoms with Crippen LogP contribution in [0.3, 0.4) is 0 Å². The van der Waals surface area contributed by atoms with Crippen molar-refractivity contribution >= 4 is 0 Å². The van der Waals surface area contributed by atoms with E-state index in [9.17, 15) is 0 Å². The monoisotopic (exact) mass is 184 g/mol. The first kappa shape index (κ1) is 8.02. The predicted octanol–water partition coefficient (Wildman–Crippen LogP) is 1.42. The first-order valence-electron chi connectivity index (χ1n) is 5.06. The van der Waals surface area contributed by atoms with E-state index in [1.165, 1.54) is 18.5 Å². The van der Waals surface area contributed by atoms with Crippen molar-refractivity contribution in [3.63, 3.8) is 0 Å². The van der Waals surface area contributed by atoms with E-state index in [0.717, 1.165) is 18.0 Å². The van der Waals surface area contributed by atoms with Gasteiger partial charge in [0.15, 0.2) is 0 Å². The lowest BCUT2D eigenvalue weighted by Gasteiger charge is -2.11. The van der Waals surface area contributed by atoms with Crippen LogP contribution in [-0.2, 0) is 5.41 Å². The van der Waals surface area contributed by atoms with E-state index < -0.39 is 0 Å². The van der Waals surface area contributed by atoms with Crippen molar-refractivity contribution in [2.75, 3.05) is 13.1 Å². The van der Waals surface area contributed by atoms with Crippen molar-refractivity contribution in [3.05, 3.63) is 35.4 Å². The normalized spacial score (nSPS) is 33.5. The molecule has 1 aromatic rings. The predicted molar refractivity (Wildman–Crippen MR) is 53.8 cm³/mol. The molecule has 0 radical (unpaired) electrons. The largest absolute Gasteiger partial charge is 0.316 e. The van der Waals surface area contributed by atoms with Gasteiger partial charge in [-0.1, -0.05) is 12.1 Å². The van der Waals surface area contributed by atoms with E-state index in [2.05, 4.69) is 23.5 Å². The Bertz CT molecular complexity index is 401. The molecule has 0 spiro atoms. The molecule has 1 aliphatic carbocycles. The molecular weight excluding hydrogens is 172 g/mol. The number of benzene rings is 1. The number of nitrogens with zero attached hydrogens (tertiary/aromatic N) is 1. The fourth-order valence-electron chi connectivity index (χ4n) is 2.67. The van der Waals surface area contributed by atoms with Crippen molar-refractivity contribution in [1.29, 1.82) is 5.26 Å². The number of hydrogen-bond donors (Lipinski definition) is 1. The van der Waals surface area contributed by atoms with E-state index >= 15 is 0 Å². The molecule has 2 heteroatoms. The molecule has 1 N–H and O–H groups in total. The van der Waals surface area contributed by atoms with E-state index in [0.29, 0.717) is 5.41 Å². The zero-order valence-corrected chi connectivity index (χ0v) is 7.96. The fourth-order valence-corrected chi connectivity index (χ4v) is 2.67. The molecule has 70 valence electrons. The Labute approximate surface area is 83.6 Å². The van der Waals surface area contributed by atoms with Crippen molar-refractivity contribution in [3.8, 4) is 6.07 Å². The van der Waals surface area contributed by atoms with Crippen molar-refractivity contribution in [1.82, 2.24) is 5.32 Å². The molecule has 2 unspecified atom stereocenters. The minimum atomic E-state index is 0.425. The minimum absolute atomic E-state index is 0.425. The molecular formula is C12H12N2. The van der Waals surface area contributed by atoms with E-state index in [1.54, 1.807) is 0 Å². The molecule has 1 aromatic carbocycles. The number of piperidine rings is 1. The molecule has 1 aliphatic heterocycles. The van der Waals surface area contributed by atoms with Gasteiger partial charge in [-0.05, 0) is 36.6 Å². The number of rotatable bonds is 1. The summed E-state index contributed by atoms with van der Waals surface area (Å²) in [6.45, 7) is 2.28. The molecule has 0 aromatic heterocycles. The SMILES string of the molecule is N#Cc1ccc(C23CNCC2C3)cc1. The van der Waals surface area contributed by atoms with Gasteiger partial charge in [0.1, 0.15) is 0 Å². The van der Waals surface area contributed by atoms with Crippen LogP contribution in [0.1, 0.15) is 17.5 Å². The summed E-state index contributed by atoms with van der Waals surface area (Å²) >= 11 is 0. The average Bonchev–Trinajstić information content (AvgIpc) is 2.82. The maximum Gasteiger partial charge on any atom is 0.0991 e. The first-order valence-corrected chi connectivity index (χ1v) is 5.06. The maximum absolute atomic E-state index is 8.71. The molecule has 0 bridgehead atoms. The zero-order chi connectivity index (χ0) is 9.60. The molecule has 2 aliphatic rings. The van der Waals surface area contributed by atoms with Gasteiger partial charge in [0, 0.05) is 12.0 Å². The molecule has 2 fully saturated rings. The van der Waals surface area contributed by atoms with E-state index in [-0.39, 0.29) is 0 Å². The maximum atomic E-state index is 8.71. The van der Waals surface area contributed by atoms with Gasteiger partial charge in [-0.3, -0.25) is 0 Å². The number of nitriles is 1. The van der Waals surface area contributed by atoms with Gasteiger partial charge in [0.2, 0.25) is 0 Å². The van der Waals surface area contributed by atoms with Gasteiger partial charge in [-0.2, -0.15) is 5.26 Å². The molecule has 1 saturated heterocycles. The molecule has 3 rings (SSSR count). The third-order valence-electron chi connectivity index (χ3n) is 3.65. The van der Waals surface area contributed by atoms with E-state index in [4.69, 9.17) is 5.26 Å². The molecule has 14 heavy (non-hydrogen) atoms. The highest BCUT2D eigenvalue weighted by Gasteiger charge is 2.57. The van der Waals surface area contributed by atoms with Crippen molar-refractivity contribution < 1.29 is 0 Å². The number of nitrogens with one attached hydrogen (secondary N) is 1. The van der Waals surface area contributed by atoms with Crippen LogP contribution in [0.5, 0.6) is 0 Å². The molecule has 2 atom stereocenters. The number of fused-ring (bicyclic) bond motifs is 1. The lowest BCUT2D eigenvalue weighted by Crippen LogP contribution is -2.19. The fraction of sp³-hybridized carbons (Fsp3) is 0.417. The second kappa shape index (κ2) is 2.59. The summed E-state index contributed by atoms with van der Waals surface area (Å²) in [5, 5.41) is 12.1. The van der Waals surface area contributed by atoms with Gasteiger partial charge in [0.05, 0.1) is 11.6 Å². The summed E-state index contributed by atoms with van der Waals surface area (Å²) in [5.41, 5.74) is 2.59. The highest BCUT2D eigenvalue weighted by molar-refractivity contribution is 5.41. The molecule has 1 heterocycles. The lowest BCUT2D eigenvalue weighted by atomic mass is 9.94. The third-order valence-corrected chi connectivity index (χ3v) is 3.65. The highest BCUT2D eigenvalue weighted by Crippen LogP contribution is 2.56. The van der Waals surface area contributed by atoms with Crippen LogP contribution in [0.2, 0.25) is 0 Å². The molecule has 1 saturated carbocycles. The van der Waals surface area contributed by atoms with Crippen LogP contribution in [0.25, 0.3) is 0 Å². The smallest absolute Gasteiger partial charge is 0.0991 e. The second-order valence-corrected chi connectivity index (χ2v) is 4.38. The molecule has 0 amide bonds. The van der Waals surface area contributed by atoms with Crippen LogP contribution >= 0.6 is 0 Å². The van der Waals surface area contributed by atoms with Gasteiger partial charge in [-0.25, -0.2) is 0 Å². The van der Waals surface area contributed by atoms with Crippen LogP contribution in [-0.4, -0.2) is 13.1 Å². The lowest BCUT2D eigenvalue weighted by molar-refractivity contribution is 0.675. The van der Waals surface area contributed by atoms with Gasteiger partial charge in [0.25, 0.3) is 0 Å². The Kier molecular flexibility index (Phi) is 1.48. The standard InChI is InChI=1S/C12H12N2/c13-6-9-1-3-10(4-2-9)12-5-11(12)7-14-8-12/h1-4,11,14H,5,7-8H2. The Balaban J connectivity index is 1.95. The second-order valence-electron chi connectivity index (χ2n) is 4.38. The summed E-state index contributed by atoms with van der Waals surface area (Å²) in [6.07, 6.45) is 1.33. The van der Waals surface area contributed by atoms with Crippen LogP contribution in [0, 0.1) is 17.2 Å². The Hall–Kier alpha value is -1.33. The zero-order valence-electron chi connectivity index (χ0n) is 7.96. The quantitative estimate of drug-likeness (QED) is 0.716. The third kappa shape index (κ3) is 0.935. The van der Waals surface area contributed by atoms with Gasteiger partial charge in [-0.15, -0.1) is 0 Å². The number of hydrogen-bond acceptors (Lipinski definition) is 2. The summed E-state index contributed by atoms with van der Waals surface area (Å²) < 4.78 is 0.